The molecule has 2 aliphatic rings. The van der Waals surface area contributed by atoms with Crippen LogP contribution in [0.4, 0.5) is 5.00 Å². The molecule has 0 bridgehead atoms. The lowest BCUT2D eigenvalue weighted by molar-refractivity contribution is -0.117. The van der Waals surface area contributed by atoms with Gasteiger partial charge in [0.25, 0.3) is 5.91 Å². The Bertz CT molecular complexity index is 534. The maximum absolute atomic E-state index is 11.8. The second-order valence-electron chi connectivity index (χ2n) is 4.72. The molecule has 1 saturated carbocycles. The molecule has 6 heteroatoms. The van der Waals surface area contributed by atoms with Crippen molar-refractivity contribution in [3.8, 4) is 0 Å². The number of hydrogen-bond acceptors (Lipinski definition) is 4. The Morgan fingerprint density at radius 1 is 1.44 bits per heavy atom. The van der Waals surface area contributed by atoms with Crippen LogP contribution in [0, 0.1) is 5.92 Å². The number of carbonyl (C=O) groups is 2. The summed E-state index contributed by atoms with van der Waals surface area (Å²) in [6, 6.07) is 0. The zero-order valence-electron chi connectivity index (χ0n) is 9.99. The van der Waals surface area contributed by atoms with Crippen LogP contribution in [0.5, 0.6) is 0 Å². The van der Waals surface area contributed by atoms with Crippen molar-refractivity contribution in [2.24, 2.45) is 11.7 Å². The summed E-state index contributed by atoms with van der Waals surface area (Å²) in [6.07, 6.45) is 1.73. The minimum Gasteiger partial charge on any atom is -0.368 e. The maximum Gasteiger partial charge on any atom is 0.252 e. The van der Waals surface area contributed by atoms with Crippen molar-refractivity contribution in [1.82, 2.24) is 0 Å². The normalized spacial score (nSPS) is 21.7. The van der Waals surface area contributed by atoms with E-state index >= 15 is 0 Å². The van der Waals surface area contributed by atoms with E-state index in [1.54, 1.807) is 0 Å². The minimum atomic E-state index is -0.504. The van der Waals surface area contributed by atoms with Crippen LogP contribution >= 0.6 is 11.3 Å². The van der Waals surface area contributed by atoms with Crippen molar-refractivity contribution in [3.63, 3.8) is 0 Å². The molecular weight excluding hydrogens is 252 g/mol. The average Bonchev–Trinajstić information content (AvgIpc) is 3.01. The molecule has 0 spiro atoms. The average molecular weight is 266 g/mol. The van der Waals surface area contributed by atoms with Gasteiger partial charge in [0.1, 0.15) is 5.00 Å². The van der Waals surface area contributed by atoms with Gasteiger partial charge in [-0.2, -0.15) is 0 Å². The largest absolute Gasteiger partial charge is 0.368 e. The molecule has 2 amide bonds. The summed E-state index contributed by atoms with van der Waals surface area (Å²) < 4.78 is 5.46. The van der Waals surface area contributed by atoms with Gasteiger partial charge in [-0.15, -0.1) is 11.3 Å². The molecule has 2 heterocycles. The van der Waals surface area contributed by atoms with E-state index in [1.165, 1.54) is 11.3 Å². The molecule has 1 atom stereocenters. The fraction of sp³-hybridized carbons (Fsp3) is 0.500. The van der Waals surface area contributed by atoms with E-state index in [0.717, 1.165) is 23.3 Å². The molecular formula is C12H14N2O3S. The Balaban J connectivity index is 1.96. The number of anilines is 1. The van der Waals surface area contributed by atoms with Gasteiger partial charge >= 0.3 is 0 Å². The van der Waals surface area contributed by atoms with Gasteiger partial charge in [-0.3, -0.25) is 9.59 Å². The number of rotatable bonds is 3. The van der Waals surface area contributed by atoms with E-state index in [-0.39, 0.29) is 17.9 Å². The first-order chi connectivity index (χ1) is 8.58. The van der Waals surface area contributed by atoms with Gasteiger partial charge < -0.3 is 15.8 Å². The van der Waals surface area contributed by atoms with Gasteiger partial charge in [0.15, 0.2) is 0 Å². The molecule has 0 aromatic carbocycles. The monoisotopic (exact) mass is 266 g/mol. The summed E-state index contributed by atoms with van der Waals surface area (Å²) in [5.74, 6) is -0.404. The first-order valence-corrected chi connectivity index (χ1v) is 6.77. The van der Waals surface area contributed by atoms with Gasteiger partial charge in [-0.25, -0.2) is 0 Å². The second kappa shape index (κ2) is 4.07. The van der Waals surface area contributed by atoms with Crippen molar-refractivity contribution < 1.29 is 14.3 Å². The zero-order valence-corrected chi connectivity index (χ0v) is 10.8. The zero-order chi connectivity index (χ0) is 12.9. The summed E-state index contributed by atoms with van der Waals surface area (Å²) in [6.45, 7) is 2.37. The summed E-state index contributed by atoms with van der Waals surface area (Å²) in [7, 11) is 0. The van der Waals surface area contributed by atoms with Crippen molar-refractivity contribution in [1.29, 1.82) is 0 Å². The molecule has 3 N–H and O–H groups in total. The van der Waals surface area contributed by atoms with E-state index < -0.39 is 5.91 Å². The highest BCUT2D eigenvalue weighted by Crippen LogP contribution is 2.43. The number of ether oxygens (including phenoxy) is 1. The number of amides is 2. The highest BCUT2D eigenvalue weighted by Gasteiger charge is 2.34. The van der Waals surface area contributed by atoms with Crippen molar-refractivity contribution in [3.05, 3.63) is 16.0 Å². The van der Waals surface area contributed by atoms with E-state index in [4.69, 9.17) is 10.5 Å². The van der Waals surface area contributed by atoms with Crippen molar-refractivity contribution >= 4 is 28.2 Å². The third-order valence-corrected chi connectivity index (χ3v) is 4.42. The maximum atomic E-state index is 11.8. The van der Waals surface area contributed by atoms with Crippen LogP contribution in [-0.2, 0) is 16.1 Å². The highest BCUT2D eigenvalue weighted by atomic mass is 32.1. The second-order valence-corrected chi connectivity index (χ2v) is 5.83. The van der Waals surface area contributed by atoms with Gasteiger partial charge in [-0.1, -0.05) is 0 Å². The molecule has 1 aromatic heterocycles. The number of carbonyl (C=O) groups excluding carboxylic acids is 2. The molecule has 0 radical (unpaired) electrons. The van der Waals surface area contributed by atoms with E-state index in [1.807, 2.05) is 6.92 Å². The van der Waals surface area contributed by atoms with Crippen LogP contribution in [0.15, 0.2) is 0 Å². The molecule has 1 aliphatic carbocycles. The minimum absolute atomic E-state index is 0.00834. The van der Waals surface area contributed by atoms with Gasteiger partial charge in [0.2, 0.25) is 5.91 Å². The smallest absolute Gasteiger partial charge is 0.252 e. The Kier molecular flexibility index (Phi) is 2.64. The quantitative estimate of drug-likeness (QED) is 0.875. The summed E-state index contributed by atoms with van der Waals surface area (Å²) in [5, 5.41) is 3.41. The lowest BCUT2D eigenvalue weighted by atomic mass is 10.1. The standard InChI is InChI=1S/C12H14N2O3S/c1-5-8-7(4-17-5)18-12(9(8)10(13)15)14-11(16)6-2-3-6/h5-6H,2-4H2,1H3,(H2,13,15)(H,14,16). The van der Waals surface area contributed by atoms with Crippen LogP contribution in [-0.4, -0.2) is 11.8 Å². The number of primary amides is 1. The van der Waals surface area contributed by atoms with Crippen LogP contribution in [0.2, 0.25) is 0 Å². The predicted molar refractivity (Wildman–Crippen MR) is 67.4 cm³/mol. The first-order valence-electron chi connectivity index (χ1n) is 5.95. The number of thiophene rings is 1. The Morgan fingerprint density at radius 3 is 2.78 bits per heavy atom. The topological polar surface area (TPSA) is 81.4 Å². The fourth-order valence-electron chi connectivity index (χ4n) is 2.20. The Morgan fingerprint density at radius 2 is 2.17 bits per heavy atom. The molecule has 1 unspecified atom stereocenters. The molecule has 96 valence electrons. The van der Waals surface area contributed by atoms with Crippen molar-refractivity contribution in [2.75, 3.05) is 5.32 Å². The van der Waals surface area contributed by atoms with Crippen molar-refractivity contribution in [2.45, 2.75) is 32.5 Å². The van der Waals surface area contributed by atoms with E-state index in [9.17, 15) is 9.59 Å². The predicted octanol–water partition coefficient (Wildman–Crippen LogP) is 1.79. The molecule has 1 aliphatic heterocycles. The highest BCUT2D eigenvalue weighted by molar-refractivity contribution is 7.17. The lowest BCUT2D eigenvalue weighted by Gasteiger charge is -2.08. The molecule has 1 fully saturated rings. The fourth-order valence-corrected chi connectivity index (χ4v) is 3.42. The lowest BCUT2D eigenvalue weighted by Crippen LogP contribution is -2.19. The van der Waals surface area contributed by atoms with E-state index in [2.05, 4.69) is 5.32 Å². The van der Waals surface area contributed by atoms with Crippen LogP contribution < -0.4 is 11.1 Å². The number of fused-ring (bicyclic) bond motifs is 1. The van der Waals surface area contributed by atoms with Gasteiger partial charge in [-0.05, 0) is 19.8 Å². The molecule has 0 saturated heterocycles. The molecule has 3 rings (SSSR count). The van der Waals surface area contributed by atoms with Gasteiger partial charge in [0, 0.05) is 16.4 Å². The van der Waals surface area contributed by atoms with Gasteiger partial charge in [0.05, 0.1) is 18.3 Å². The molecule has 18 heavy (non-hydrogen) atoms. The summed E-state index contributed by atoms with van der Waals surface area (Å²) in [4.78, 5) is 24.3. The third kappa shape index (κ3) is 1.81. The first kappa shape index (κ1) is 11.7. The SMILES string of the molecule is CC1OCc2sc(NC(=O)C3CC3)c(C(N)=O)c21. The summed E-state index contributed by atoms with van der Waals surface area (Å²) >= 11 is 1.40. The number of nitrogens with one attached hydrogen (secondary N) is 1. The number of hydrogen-bond donors (Lipinski definition) is 2. The van der Waals surface area contributed by atoms with Crippen LogP contribution in [0.25, 0.3) is 0 Å². The third-order valence-electron chi connectivity index (χ3n) is 3.32. The Labute approximate surface area is 108 Å². The Hall–Kier alpha value is -1.40. The molecule has 5 nitrogen and oxygen atoms in total. The number of nitrogens with two attached hydrogens (primary N) is 1. The van der Waals surface area contributed by atoms with E-state index in [0.29, 0.717) is 17.2 Å². The van der Waals surface area contributed by atoms with Crippen LogP contribution in [0.3, 0.4) is 0 Å². The van der Waals surface area contributed by atoms with Crippen LogP contribution in [0.1, 0.15) is 46.7 Å². The summed E-state index contributed by atoms with van der Waals surface area (Å²) in [5.41, 5.74) is 6.69. The molecule has 1 aromatic rings.